The van der Waals surface area contributed by atoms with E-state index < -0.39 is 30.9 Å². The van der Waals surface area contributed by atoms with Gasteiger partial charge in [0.25, 0.3) is 0 Å². The number of rotatable bonds is 8. The number of tetrazole rings is 1. The summed E-state index contributed by atoms with van der Waals surface area (Å²) < 4.78 is 1.65. The number of amides is 2. The Morgan fingerprint density at radius 2 is 2.10 bits per heavy atom. The van der Waals surface area contributed by atoms with E-state index in [9.17, 15) is 14.4 Å². The second kappa shape index (κ2) is 6.52. The van der Waals surface area contributed by atoms with Gasteiger partial charge in [-0.3, -0.25) is 14.4 Å². The van der Waals surface area contributed by atoms with E-state index in [2.05, 4.69) is 15.5 Å². The van der Waals surface area contributed by atoms with E-state index in [1.165, 1.54) is 0 Å². The molecule has 3 N–H and O–H groups in total. The third-order valence-corrected chi connectivity index (χ3v) is 3.62. The molecule has 0 unspecified atom stereocenters. The van der Waals surface area contributed by atoms with E-state index in [-0.39, 0.29) is 11.8 Å². The number of carbonyl (C=O) groups excluding carboxylic acids is 2. The van der Waals surface area contributed by atoms with Crippen molar-refractivity contribution < 1.29 is 19.5 Å². The maximum Gasteiger partial charge on any atom is 0.323 e. The van der Waals surface area contributed by atoms with Crippen molar-refractivity contribution in [3.8, 4) is 0 Å². The molecule has 10 nitrogen and oxygen atoms in total. The van der Waals surface area contributed by atoms with Gasteiger partial charge in [-0.25, -0.2) is 4.68 Å². The van der Waals surface area contributed by atoms with E-state index in [4.69, 9.17) is 10.8 Å². The summed E-state index contributed by atoms with van der Waals surface area (Å²) in [5.74, 6) is -2.55. The molecule has 0 atom stereocenters. The van der Waals surface area contributed by atoms with Crippen LogP contribution in [0, 0.1) is 0 Å². The fourth-order valence-corrected chi connectivity index (χ4v) is 2.48. The standard InChI is InChI=1S/C10H14N6O4S/c11-7(17)3-15(4-9(19)20)8(18)5-21-10-12-13-14-16(10)6-1-2-6/h6H,1-5H2,(H2,11,17)(H,19,20). The quantitative estimate of drug-likeness (QED) is 0.551. The average molecular weight is 314 g/mol. The number of carbonyl (C=O) groups is 3. The van der Waals surface area contributed by atoms with Crippen LogP contribution in [-0.4, -0.2) is 66.8 Å². The van der Waals surface area contributed by atoms with Gasteiger partial charge in [0.15, 0.2) is 0 Å². The van der Waals surface area contributed by atoms with Gasteiger partial charge in [0.2, 0.25) is 17.0 Å². The number of hydrogen-bond donors (Lipinski definition) is 2. The van der Waals surface area contributed by atoms with Crippen LogP contribution in [0.25, 0.3) is 0 Å². The lowest BCUT2D eigenvalue weighted by Gasteiger charge is -2.18. The van der Waals surface area contributed by atoms with Crippen LogP contribution in [0.5, 0.6) is 0 Å². The first-order valence-electron chi connectivity index (χ1n) is 6.16. The van der Waals surface area contributed by atoms with Crippen LogP contribution in [-0.2, 0) is 14.4 Å². The highest BCUT2D eigenvalue weighted by Crippen LogP contribution is 2.36. The lowest BCUT2D eigenvalue weighted by molar-refractivity contribution is -0.144. The van der Waals surface area contributed by atoms with Crippen LogP contribution in [0.3, 0.4) is 0 Å². The minimum absolute atomic E-state index is 0.0619. The van der Waals surface area contributed by atoms with Crippen LogP contribution < -0.4 is 5.73 Å². The van der Waals surface area contributed by atoms with Crippen molar-refractivity contribution in [3.63, 3.8) is 0 Å². The number of carboxylic acid groups (broad SMARTS) is 1. The molecule has 2 amide bonds. The first kappa shape index (κ1) is 15.2. The zero-order valence-corrected chi connectivity index (χ0v) is 11.8. The molecule has 21 heavy (non-hydrogen) atoms. The minimum atomic E-state index is -1.21. The molecular weight excluding hydrogens is 300 g/mol. The predicted octanol–water partition coefficient (Wildman–Crippen LogP) is -1.50. The zero-order valence-electron chi connectivity index (χ0n) is 11.0. The molecule has 0 spiro atoms. The molecule has 1 aromatic rings. The molecule has 11 heteroatoms. The van der Waals surface area contributed by atoms with Crippen LogP contribution in [0.15, 0.2) is 5.16 Å². The van der Waals surface area contributed by atoms with Gasteiger partial charge in [-0.2, -0.15) is 0 Å². The van der Waals surface area contributed by atoms with E-state index in [0.717, 1.165) is 29.5 Å². The Bertz CT molecular complexity index is 541. The van der Waals surface area contributed by atoms with Gasteiger partial charge in [0.05, 0.1) is 18.3 Å². The minimum Gasteiger partial charge on any atom is -0.480 e. The average Bonchev–Trinajstić information content (AvgIpc) is 3.13. The highest BCUT2D eigenvalue weighted by Gasteiger charge is 2.28. The fourth-order valence-electron chi connectivity index (χ4n) is 1.63. The number of nitrogens with two attached hydrogens (primary N) is 1. The van der Waals surface area contributed by atoms with Crippen LogP contribution in [0.2, 0.25) is 0 Å². The van der Waals surface area contributed by atoms with Gasteiger partial charge < -0.3 is 15.7 Å². The van der Waals surface area contributed by atoms with Crippen molar-refractivity contribution in [1.82, 2.24) is 25.1 Å². The highest BCUT2D eigenvalue weighted by atomic mass is 32.2. The normalized spacial score (nSPS) is 13.9. The Kier molecular flexibility index (Phi) is 4.73. The number of primary amides is 1. The predicted molar refractivity (Wildman–Crippen MR) is 70.2 cm³/mol. The summed E-state index contributed by atoms with van der Waals surface area (Å²) in [5, 5.41) is 20.4. The number of aromatic nitrogens is 4. The molecule has 1 aliphatic rings. The zero-order chi connectivity index (χ0) is 15.4. The summed E-state index contributed by atoms with van der Waals surface area (Å²) in [4.78, 5) is 34.4. The molecule has 2 rings (SSSR count). The van der Waals surface area contributed by atoms with Gasteiger partial charge in [0.1, 0.15) is 6.54 Å². The summed E-state index contributed by atoms with van der Waals surface area (Å²) in [6, 6.07) is 0.276. The van der Waals surface area contributed by atoms with Crippen LogP contribution in [0.4, 0.5) is 0 Å². The number of aliphatic carboxylic acids is 1. The Morgan fingerprint density at radius 1 is 1.38 bits per heavy atom. The third-order valence-electron chi connectivity index (χ3n) is 2.71. The van der Waals surface area contributed by atoms with Crippen molar-refractivity contribution >= 4 is 29.5 Å². The van der Waals surface area contributed by atoms with Gasteiger partial charge in [-0.15, -0.1) is 5.10 Å². The van der Waals surface area contributed by atoms with E-state index in [1.54, 1.807) is 4.68 Å². The Labute approximate surface area is 123 Å². The number of thioether (sulfide) groups is 1. The smallest absolute Gasteiger partial charge is 0.323 e. The molecule has 1 aromatic heterocycles. The lowest BCUT2D eigenvalue weighted by Crippen LogP contribution is -2.42. The maximum absolute atomic E-state index is 12.0. The Morgan fingerprint density at radius 3 is 2.67 bits per heavy atom. The molecule has 1 aliphatic carbocycles. The molecule has 0 bridgehead atoms. The molecular formula is C10H14N6O4S. The van der Waals surface area contributed by atoms with Crippen LogP contribution >= 0.6 is 11.8 Å². The summed E-state index contributed by atoms with van der Waals surface area (Å²) in [5.41, 5.74) is 5.00. The van der Waals surface area contributed by atoms with Crippen molar-refractivity contribution in [3.05, 3.63) is 0 Å². The Balaban J connectivity index is 1.92. The summed E-state index contributed by atoms with van der Waals surface area (Å²) in [6.45, 7) is -1.00. The first-order valence-corrected chi connectivity index (χ1v) is 7.14. The molecule has 0 aliphatic heterocycles. The van der Waals surface area contributed by atoms with Crippen molar-refractivity contribution in [1.29, 1.82) is 0 Å². The lowest BCUT2D eigenvalue weighted by atomic mass is 10.4. The van der Waals surface area contributed by atoms with Crippen molar-refractivity contribution in [2.24, 2.45) is 5.73 Å². The topological polar surface area (TPSA) is 144 Å². The number of nitrogens with zero attached hydrogens (tertiary/aromatic N) is 5. The maximum atomic E-state index is 12.0. The molecule has 0 aromatic carbocycles. The van der Waals surface area contributed by atoms with Gasteiger partial charge >= 0.3 is 5.97 Å². The molecule has 114 valence electrons. The molecule has 1 saturated carbocycles. The van der Waals surface area contributed by atoms with Gasteiger partial charge in [0, 0.05) is 0 Å². The first-order chi connectivity index (χ1) is 9.97. The SMILES string of the molecule is NC(=O)CN(CC(=O)O)C(=O)CSc1nnnn1C1CC1. The molecule has 0 saturated heterocycles. The molecule has 1 heterocycles. The summed E-state index contributed by atoms with van der Waals surface area (Å²) in [6.07, 6.45) is 2.00. The molecule has 1 fully saturated rings. The highest BCUT2D eigenvalue weighted by molar-refractivity contribution is 7.99. The van der Waals surface area contributed by atoms with Gasteiger partial charge in [-0.1, -0.05) is 11.8 Å². The van der Waals surface area contributed by atoms with E-state index in [1.807, 2.05) is 0 Å². The van der Waals surface area contributed by atoms with Crippen LogP contribution in [0.1, 0.15) is 18.9 Å². The van der Waals surface area contributed by atoms with Crippen molar-refractivity contribution in [2.75, 3.05) is 18.8 Å². The third kappa shape index (κ3) is 4.41. The van der Waals surface area contributed by atoms with E-state index in [0.29, 0.717) is 5.16 Å². The fraction of sp³-hybridized carbons (Fsp3) is 0.600. The van der Waals surface area contributed by atoms with Gasteiger partial charge in [-0.05, 0) is 23.3 Å². The van der Waals surface area contributed by atoms with E-state index >= 15 is 0 Å². The monoisotopic (exact) mass is 314 g/mol. The number of carboxylic acids is 1. The largest absolute Gasteiger partial charge is 0.480 e. The van der Waals surface area contributed by atoms with Crippen molar-refractivity contribution in [2.45, 2.75) is 24.0 Å². The number of hydrogen-bond acceptors (Lipinski definition) is 7. The molecule has 0 radical (unpaired) electrons. The second-order valence-corrected chi connectivity index (χ2v) is 5.48. The second-order valence-electron chi connectivity index (χ2n) is 4.54. The summed E-state index contributed by atoms with van der Waals surface area (Å²) in [7, 11) is 0. The Hall–Kier alpha value is -2.17. The summed E-state index contributed by atoms with van der Waals surface area (Å²) >= 11 is 1.10.